The van der Waals surface area contributed by atoms with Crippen LogP contribution in [0.25, 0.3) is 5.57 Å². The minimum absolute atomic E-state index is 0.488. The van der Waals surface area contributed by atoms with Gasteiger partial charge in [0, 0.05) is 0 Å². The van der Waals surface area contributed by atoms with Gasteiger partial charge in [-0.3, -0.25) is 0 Å². The quantitative estimate of drug-likeness (QED) is 0.570. The lowest BCUT2D eigenvalue weighted by atomic mass is 9.85. The lowest BCUT2D eigenvalue weighted by Gasteiger charge is -2.19. The molecule has 0 bridgehead atoms. The molecule has 1 aromatic carbocycles. The summed E-state index contributed by atoms with van der Waals surface area (Å²) in [7, 11) is 0. The Bertz CT molecular complexity index is 706. The zero-order valence-corrected chi connectivity index (χ0v) is 14.4. The fraction of sp³-hybridized carbons (Fsp3) is 0.273. The van der Waals surface area contributed by atoms with Gasteiger partial charge < -0.3 is 0 Å². The van der Waals surface area contributed by atoms with Crippen molar-refractivity contribution in [2.24, 2.45) is 5.92 Å². The van der Waals surface area contributed by atoms with Crippen LogP contribution in [0, 0.1) is 19.8 Å². The third-order valence-corrected chi connectivity index (χ3v) is 4.53. The van der Waals surface area contributed by atoms with E-state index in [0.29, 0.717) is 5.92 Å². The number of rotatable bonds is 3. The highest BCUT2D eigenvalue weighted by atomic mass is 14.2. The summed E-state index contributed by atoms with van der Waals surface area (Å²) in [6.45, 7) is 15.1. The first-order chi connectivity index (χ1) is 10.5. The van der Waals surface area contributed by atoms with Gasteiger partial charge in [0.25, 0.3) is 0 Å². The molecule has 2 rings (SSSR count). The van der Waals surface area contributed by atoms with Crippen LogP contribution >= 0.6 is 0 Å². The van der Waals surface area contributed by atoms with Gasteiger partial charge in [-0.05, 0) is 72.6 Å². The van der Waals surface area contributed by atoms with E-state index in [-0.39, 0.29) is 0 Å². The Balaban J connectivity index is 2.39. The molecule has 1 aromatic rings. The second-order valence-electron chi connectivity index (χ2n) is 6.02. The minimum Gasteiger partial charge on any atom is -0.0905 e. The van der Waals surface area contributed by atoms with Gasteiger partial charge in [0.2, 0.25) is 0 Å². The molecule has 0 heteroatoms. The van der Waals surface area contributed by atoms with Gasteiger partial charge in [-0.15, -0.1) is 0 Å². The molecule has 0 radical (unpaired) electrons. The molecule has 0 aliphatic heterocycles. The summed E-state index contributed by atoms with van der Waals surface area (Å²) in [5, 5.41) is 0. The first-order valence-electron chi connectivity index (χ1n) is 7.97. The van der Waals surface area contributed by atoms with Crippen molar-refractivity contribution in [2.75, 3.05) is 0 Å². The van der Waals surface area contributed by atoms with Gasteiger partial charge in [0.1, 0.15) is 0 Å². The highest BCUT2D eigenvalue weighted by Crippen LogP contribution is 2.33. The van der Waals surface area contributed by atoms with Crippen LogP contribution in [0.4, 0.5) is 0 Å². The standard InChI is InChI=1S/C22H26/c1-7-19-14-21(12-10-16(19)4)22(8-2)18(6)20-11-9-15(3)17(5)13-20/h7-14,16H,6H2,1-5H3. The Hall–Kier alpha value is -2.08. The van der Waals surface area contributed by atoms with Gasteiger partial charge >= 0.3 is 0 Å². The average molecular weight is 290 g/mol. The van der Waals surface area contributed by atoms with Crippen molar-refractivity contribution in [3.05, 3.63) is 88.6 Å². The second-order valence-corrected chi connectivity index (χ2v) is 6.02. The van der Waals surface area contributed by atoms with E-state index >= 15 is 0 Å². The number of benzene rings is 1. The van der Waals surface area contributed by atoms with Crippen LogP contribution in [0.3, 0.4) is 0 Å². The Morgan fingerprint density at radius 1 is 1.14 bits per heavy atom. The summed E-state index contributed by atoms with van der Waals surface area (Å²) < 4.78 is 0. The van der Waals surface area contributed by atoms with Crippen LogP contribution in [0.5, 0.6) is 0 Å². The molecule has 0 nitrogen and oxygen atoms in total. The smallest absolute Gasteiger partial charge is 0.00101 e. The van der Waals surface area contributed by atoms with E-state index in [9.17, 15) is 0 Å². The van der Waals surface area contributed by atoms with Crippen molar-refractivity contribution < 1.29 is 0 Å². The Morgan fingerprint density at radius 2 is 1.86 bits per heavy atom. The summed E-state index contributed by atoms with van der Waals surface area (Å²) in [4.78, 5) is 0. The minimum atomic E-state index is 0.488. The topological polar surface area (TPSA) is 0 Å². The maximum Gasteiger partial charge on any atom is -0.00101 e. The fourth-order valence-electron chi connectivity index (χ4n) is 2.83. The molecule has 0 amide bonds. The molecule has 0 fully saturated rings. The van der Waals surface area contributed by atoms with Crippen molar-refractivity contribution in [3.8, 4) is 0 Å². The van der Waals surface area contributed by atoms with Crippen molar-refractivity contribution in [2.45, 2.75) is 34.6 Å². The first kappa shape index (κ1) is 16.3. The van der Waals surface area contributed by atoms with Crippen LogP contribution in [0.15, 0.2) is 71.9 Å². The van der Waals surface area contributed by atoms with E-state index in [1.807, 2.05) is 0 Å². The summed E-state index contributed by atoms with van der Waals surface area (Å²) in [5.41, 5.74) is 8.75. The first-order valence-corrected chi connectivity index (χ1v) is 7.97. The number of aryl methyl sites for hydroxylation is 2. The zero-order valence-electron chi connectivity index (χ0n) is 14.4. The second kappa shape index (κ2) is 6.79. The van der Waals surface area contributed by atoms with E-state index in [1.165, 1.54) is 33.4 Å². The van der Waals surface area contributed by atoms with Crippen LogP contribution in [-0.4, -0.2) is 0 Å². The van der Waals surface area contributed by atoms with Gasteiger partial charge in [-0.25, -0.2) is 0 Å². The number of hydrogen-bond donors (Lipinski definition) is 0. The third kappa shape index (κ3) is 3.22. The largest absolute Gasteiger partial charge is 0.0905 e. The molecule has 114 valence electrons. The molecular weight excluding hydrogens is 264 g/mol. The molecule has 0 aromatic heterocycles. The lowest BCUT2D eigenvalue weighted by Crippen LogP contribution is -2.02. The van der Waals surface area contributed by atoms with Gasteiger partial charge in [-0.2, -0.15) is 0 Å². The molecular formula is C22H26. The predicted molar refractivity (Wildman–Crippen MR) is 98.9 cm³/mol. The van der Waals surface area contributed by atoms with Crippen molar-refractivity contribution in [3.63, 3.8) is 0 Å². The molecule has 0 saturated heterocycles. The Morgan fingerprint density at radius 3 is 2.45 bits per heavy atom. The summed E-state index contributed by atoms with van der Waals surface area (Å²) in [5.74, 6) is 0.488. The summed E-state index contributed by atoms with van der Waals surface area (Å²) in [6.07, 6.45) is 11.1. The molecule has 22 heavy (non-hydrogen) atoms. The van der Waals surface area contributed by atoms with E-state index in [1.54, 1.807) is 0 Å². The number of hydrogen-bond acceptors (Lipinski definition) is 0. The molecule has 1 aliphatic rings. The van der Waals surface area contributed by atoms with E-state index in [0.717, 1.165) is 5.57 Å². The molecule has 0 heterocycles. The monoisotopic (exact) mass is 290 g/mol. The van der Waals surface area contributed by atoms with Crippen molar-refractivity contribution in [1.29, 1.82) is 0 Å². The van der Waals surface area contributed by atoms with Crippen LogP contribution in [0.1, 0.15) is 37.5 Å². The molecule has 1 aliphatic carbocycles. The summed E-state index contributed by atoms with van der Waals surface area (Å²) >= 11 is 0. The third-order valence-electron chi connectivity index (χ3n) is 4.53. The molecule has 1 unspecified atom stereocenters. The number of allylic oxidation sites excluding steroid dienone is 9. The fourth-order valence-corrected chi connectivity index (χ4v) is 2.83. The molecule has 0 saturated carbocycles. The molecule has 0 N–H and O–H groups in total. The normalized spacial score (nSPS) is 20.2. The van der Waals surface area contributed by atoms with Gasteiger partial charge in [0.15, 0.2) is 0 Å². The Labute approximate surface area is 135 Å². The van der Waals surface area contributed by atoms with E-state index in [4.69, 9.17) is 0 Å². The average Bonchev–Trinajstić information content (AvgIpc) is 2.52. The highest BCUT2D eigenvalue weighted by molar-refractivity contribution is 5.84. The van der Waals surface area contributed by atoms with Crippen LogP contribution in [-0.2, 0) is 0 Å². The van der Waals surface area contributed by atoms with Crippen LogP contribution < -0.4 is 0 Å². The van der Waals surface area contributed by atoms with E-state index in [2.05, 4.69) is 89.8 Å². The van der Waals surface area contributed by atoms with Gasteiger partial charge in [0.05, 0.1) is 0 Å². The molecule has 1 atom stereocenters. The molecule has 0 spiro atoms. The zero-order chi connectivity index (χ0) is 16.3. The van der Waals surface area contributed by atoms with Gasteiger partial charge in [-0.1, -0.05) is 62.1 Å². The maximum atomic E-state index is 4.35. The Kier molecular flexibility index (Phi) is 5.03. The van der Waals surface area contributed by atoms with Crippen molar-refractivity contribution in [1.82, 2.24) is 0 Å². The SMILES string of the molecule is C=C(C(=CC)C1=CC(=CC)C(C)C=C1)c1ccc(C)c(C)c1. The van der Waals surface area contributed by atoms with E-state index < -0.39 is 0 Å². The maximum absolute atomic E-state index is 4.35. The highest BCUT2D eigenvalue weighted by Gasteiger charge is 2.14. The lowest BCUT2D eigenvalue weighted by molar-refractivity contribution is 0.876. The van der Waals surface area contributed by atoms with Crippen LogP contribution in [0.2, 0.25) is 0 Å². The predicted octanol–water partition coefficient (Wildman–Crippen LogP) is 6.34. The van der Waals surface area contributed by atoms with Crippen molar-refractivity contribution >= 4 is 5.57 Å². The summed E-state index contributed by atoms with van der Waals surface area (Å²) in [6, 6.07) is 6.57.